The summed E-state index contributed by atoms with van der Waals surface area (Å²) < 4.78 is 5.89. The van der Waals surface area contributed by atoms with Gasteiger partial charge < -0.3 is 15.8 Å². The van der Waals surface area contributed by atoms with Crippen LogP contribution in [0.3, 0.4) is 0 Å². The summed E-state index contributed by atoms with van der Waals surface area (Å²) in [7, 11) is 1.59. The van der Waals surface area contributed by atoms with Crippen molar-refractivity contribution in [1.82, 2.24) is 5.32 Å². The molecule has 0 fully saturated rings. The highest BCUT2D eigenvalue weighted by Crippen LogP contribution is 2.30. The summed E-state index contributed by atoms with van der Waals surface area (Å²) in [6, 6.07) is 12.8. The Morgan fingerprint density at radius 3 is 2.65 bits per heavy atom. The van der Waals surface area contributed by atoms with Gasteiger partial charge in [-0.1, -0.05) is 25.1 Å². The summed E-state index contributed by atoms with van der Waals surface area (Å²) in [5.41, 5.74) is 7.89. The molecule has 0 saturated carbocycles. The van der Waals surface area contributed by atoms with Crippen molar-refractivity contribution in [1.29, 1.82) is 0 Å². The first-order valence-electron chi connectivity index (χ1n) is 6.53. The molecule has 2 aromatic carbocycles. The minimum absolute atomic E-state index is 0.200. The number of carbonyl (C=O) groups is 1. The molecule has 0 saturated heterocycles. The Hall–Kier alpha value is -2.49. The van der Waals surface area contributed by atoms with Crippen LogP contribution in [0.5, 0.6) is 11.5 Å². The van der Waals surface area contributed by atoms with E-state index >= 15 is 0 Å². The lowest BCUT2D eigenvalue weighted by Gasteiger charge is -2.13. The van der Waals surface area contributed by atoms with E-state index in [4.69, 9.17) is 10.5 Å². The van der Waals surface area contributed by atoms with E-state index in [9.17, 15) is 4.79 Å². The fourth-order valence-electron chi connectivity index (χ4n) is 1.96. The van der Waals surface area contributed by atoms with Crippen LogP contribution in [0.15, 0.2) is 42.5 Å². The summed E-state index contributed by atoms with van der Waals surface area (Å²) in [6.45, 7) is 2.06. The molecule has 0 heterocycles. The molecule has 0 aliphatic heterocycles. The third-order valence-electron chi connectivity index (χ3n) is 3.05. The molecular formula is C16H18N2O2. The monoisotopic (exact) mass is 270 g/mol. The Kier molecular flexibility index (Phi) is 4.25. The zero-order valence-electron chi connectivity index (χ0n) is 11.6. The third-order valence-corrected chi connectivity index (χ3v) is 3.05. The molecule has 0 atom stereocenters. The molecule has 0 radical (unpaired) electrons. The van der Waals surface area contributed by atoms with E-state index < -0.39 is 0 Å². The van der Waals surface area contributed by atoms with Gasteiger partial charge in [-0.05, 0) is 30.2 Å². The largest absolute Gasteiger partial charge is 0.456 e. The number of nitrogens with one attached hydrogen (secondary N) is 1. The zero-order chi connectivity index (χ0) is 14.5. The number of rotatable bonds is 4. The van der Waals surface area contributed by atoms with Crippen molar-refractivity contribution >= 4 is 11.6 Å². The molecule has 0 aliphatic carbocycles. The third kappa shape index (κ3) is 2.91. The van der Waals surface area contributed by atoms with Crippen LogP contribution in [0.4, 0.5) is 5.69 Å². The summed E-state index contributed by atoms with van der Waals surface area (Å²) >= 11 is 0. The van der Waals surface area contributed by atoms with Gasteiger partial charge >= 0.3 is 0 Å². The van der Waals surface area contributed by atoms with Gasteiger partial charge in [-0.15, -0.1) is 0 Å². The van der Waals surface area contributed by atoms with Crippen LogP contribution < -0.4 is 15.8 Å². The minimum Gasteiger partial charge on any atom is -0.456 e. The number of para-hydroxylation sites is 1. The van der Waals surface area contributed by atoms with Crippen LogP contribution in [0, 0.1) is 0 Å². The number of nitrogens with two attached hydrogens (primary N) is 1. The fraction of sp³-hybridized carbons (Fsp3) is 0.188. The van der Waals surface area contributed by atoms with Gasteiger partial charge in [0.15, 0.2) is 0 Å². The normalized spacial score (nSPS) is 10.1. The van der Waals surface area contributed by atoms with Crippen LogP contribution in [0.2, 0.25) is 0 Å². The maximum atomic E-state index is 11.9. The van der Waals surface area contributed by atoms with Crippen molar-refractivity contribution in [3.63, 3.8) is 0 Å². The molecule has 0 spiro atoms. The molecule has 0 aromatic heterocycles. The van der Waals surface area contributed by atoms with Crippen LogP contribution in [0.25, 0.3) is 0 Å². The lowest BCUT2D eigenvalue weighted by Crippen LogP contribution is -2.18. The van der Waals surface area contributed by atoms with E-state index in [1.807, 2.05) is 24.3 Å². The van der Waals surface area contributed by atoms with Crippen molar-refractivity contribution in [2.45, 2.75) is 13.3 Å². The average molecular weight is 270 g/mol. The summed E-state index contributed by atoms with van der Waals surface area (Å²) in [5.74, 6) is 1.00. The van der Waals surface area contributed by atoms with E-state index in [1.54, 1.807) is 25.2 Å². The van der Waals surface area contributed by atoms with Crippen LogP contribution in [-0.2, 0) is 6.42 Å². The van der Waals surface area contributed by atoms with Crippen LogP contribution in [0.1, 0.15) is 22.8 Å². The van der Waals surface area contributed by atoms with E-state index in [0.29, 0.717) is 17.0 Å². The molecule has 1 amide bonds. The number of anilines is 1. The highest BCUT2D eigenvalue weighted by Gasteiger charge is 2.13. The lowest BCUT2D eigenvalue weighted by molar-refractivity contribution is 0.0961. The number of ether oxygens (including phenoxy) is 1. The quantitative estimate of drug-likeness (QED) is 0.839. The number of amides is 1. The zero-order valence-corrected chi connectivity index (χ0v) is 11.6. The minimum atomic E-state index is -0.200. The molecule has 0 bridgehead atoms. The van der Waals surface area contributed by atoms with Gasteiger partial charge in [0.1, 0.15) is 11.5 Å². The second-order valence-corrected chi connectivity index (χ2v) is 4.40. The maximum Gasteiger partial charge on any atom is 0.254 e. The van der Waals surface area contributed by atoms with E-state index in [-0.39, 0.29) is 5.91 Å². The molecule has 0 aliphatic rings. The molecule has 2 aromatic rings. The van der Waals surface area contributed by atoms with Gasteiger partial charge in [0.25, 0.3) is 5.91 Å². The Morgan fingerprint density at radius 2 is 1.95 bits per heavy atom. The van der Waals surface area contributed by atoms with Crippen molar-refractivity contribution in [2.24, 2.45) is 0 Å². The van der Waals surface area contributed by atoms with Crippen molar-refractivity contribution in [2.75, 3.05) is 12.8 Å². The van der Waals surface area contributed by atoms with E-state index in [1.165, 1.54) is 0 Å². The van der Waals surface area contributed by atoms with Crippen LogP contribution >= 0.6 is 0 Å². The summed E-state index contributed by atoms with van der Waals surface area (Å²) in [5, 5.41) is 2.60. The molecular weight excluding hydrogens is 252 g/mol. The number of carbonyl (C=O) groups excluding carboxylic acids is 1. The summed E-state index contributed by atoms with van der Waals surface area (Å²) in [6.07, 6.45) is 0.855. The van der Waals surface area contributed by atoms with E-state index in [2.05, 4.69) is 12.2 Å². The van der Waals surface area contributed by atoms with Gasteiger partial charge in [-0.3, -0.25) is 4.79 Å². The van der Waals surface area contributed by atoms with Gasteiger partial charge in [0.2, 0.25) is 0 Å². The Labute approximate surface area is 118 Å². The molecule has 4 heteroatoms. The number of nitrogen functional groups attached to an aromatic ring is 1. The fourth-order valence-corrected chi connectivity index (χ4v) is 1.96. The molecule has 3 N–H and O–H groups in total. The smallest absolute Gasteiger partial charge is 0.254 e. The number of aryl methyl sites for hydroxylation is 1. The molecule has 4 nitrogen and oxygen atoms in total. The number of benzene rings is 2. The number of hydrogen-bond donors (Lipinski definition) is 2. The second-order valence-electron chi connectivity index (χ2n) is 4.40. The highest BCUT2D eigenvalue weighted by atomic mass is 16.5. The van der Waals surface area contributed by atoms with Crippen molar-refractivity contribution in [3.8, 4) is 11.5 Å². The van der Waals surface area contributed by atoms with Crippen LogP contribution in [-0.4, -0.2) is 13.0 Å². The predicted molar refractivity (Wildman–Crippen MR) is 80.1 cm³/mol. The van der Waals surface area contributed by atoms with Crippen molar-refractivity contribution in [3.05, 3.63) is 53.6 Å². The Balaban J connectivity index is 2.42. The first kappa shape index (κ1) is 13.9. The first-order chi connectivity index (χ1) is 9.65. The highest BCUT2D eigenvalue weighted by molar-refractivity contribution is 5.97. The molecule has 104 valence electrons. The Bertz CT molecular complexity index is 624. The lowest BCUT2D eigenvalue weighted by atomic mass is 10.1. The second kappa shape index (κ2) is 6.10. The molecule has 20 heavy (non-hydrogen) atoms. The van der Waals surface area contributed by atoms with Gasteiger partial charge in [-0.25, -0.2) is 0 Å². The topological polar surface area (TPSA) is 64.3 Å². The molecule has 2 rings (SSSR count). The predicted octanol–water partition coefficient (Wildman–Crippen LogP) is 2.98. The SMILES string of the molecule is CCc1ccccc1Oc1cc(N)ccc1C(=O)NC. The Morgan fingerprint density at radius 1 is 1.20 bits per heavy atom. The van der Waals surface area contributed by atoms with E-state index in [0.717, 1.165) is 17.7 Å². The van der Waals surface area contributed by atoms with Gasteiger partial charge in [0.05, 0.1) is 5.56 Å². The standard InChI is InChI=1S/C16H18N2O2/c1-3-11-6-4-5-7-14(11)20-15-10-12(17)8-9-13(15)16(19)18-2/h4-10H,3,17H2,1-2H3,(H,18,19). The summed E-state index contributed by atoms with van der Waals surface area (Å²) in [4.78, 5) is 11.9. The average Bonchev–Trinajstić information content (AvgIpc) is 2.47. The van der Waals surface area contributed by atoms with Crippen molar-refractivity contribution < 1.29 is 9.53 Å². The first-order valence-corrected chi connectivity index (χ1v) is 6.53. The molecule has 0 unspecified atom stereocenters. The number of hydrogen-bond acceptors (Lipinski definition) is 3. The maximum absolute atomic E-state index is 11.9. The van der Waals surface area contributed by atoms with Gasteiger partial charge in [0, 0.05) is 18.8 Å². The van der Waals surface area contributed by atoms with Gasteiger partial charge in [-0.2, -0.15) is 0 Å².